The van der Waals surface area contributed by atoms with Gasteiger partial charge in [0.2, 0.25) is 10.0 Å². The lowest BCUT2D eigenvalue weighted by atomic mass is 10.3. The van der Waals surface area contributed by atoms with E-state index in [9.17, 15) is 8.42 Å². The Kier molecular flexibility index (Phi) is 3.21. The molecule has 0 heterocycles. The maximum absolute atomic E-state index is 10.9. The van der Waals surface area contributed by atoms with Crippen molar-refractivity contribution in [2.45, 2.75) is 0 Å². The molecule has 1 N–H and O–H groups in total. The molecule has 0 aliphatic carbocycles. The van der Waals surface area contributed by atoms with Gasteiger partial charge in [-0.25, -0.2) is 8.42 Å². The maximum Gasteiger partial charge on any atom is 0.229 e. The number of halogens is 2. The molecule has 0 aliphatic rings. The van der Waals surface area contributed by atoms with Crippen LogP contribution >= 0.6 is 27.5 Å². The minimum absolute atomic E-state index is 0.440. The third-order valence-corrected chi connectivity index (χ3v) is 2.74. The molecule has 0 unspecified atom stereocenters. The smallest absolute Gasteiger partial charge is 0.229 e. The zero-order valence-corrected chi connectivity index (χ0v) is 9.87. The average molecular weight is 285 g/mol. The first-order valence-corrected chi connectivity index (χ1v) is 6.37. The highest BCUT2D eigenvalue weighted by atomic mass is 79.9. The van der Waals surface area contributed by atoms with E-state index in [0.717, 1.165) is 6.26 Å². The molecule has 0 saturated carbocycles. The highest BCUT2D eigenvalue weighted by Crippen LogP contribution is 2.26. The lowest BCUT2D eigenvalue weighted by molar-refractivity contribution is 0.607. The van der Waals surface area contributed by atoms with Crippen LogP contribution in [0.4, 0.5) is 5.69 Å². The molecule has 0 atom stereocenters. The largest absolute Gasteiger partial charge is 0.283 e. The molecule has 1 aromatic rings. The molecular formula is C7H7BrClNO2S. The number of rotatable bonds is 2. The first-order chi connectivity index (χ1) is 5.88. The highest BCUT2D eigenvalue weighted by molar-refractivity contribution is 9.10. The second-order valence-electron chi connectivity index (χ2n) is 2.50. The van der Waals surface area contributed by atoms with Crippen LogP contribution in [0.3, 0.4) is 0 Å². The van der Waals surface area contributed by atoms with E-state index in [1.165, 1.54) is 6.07 Å². The topological polar surface area (TPSA) is 46.2 Å². The summed E-state index contributed by atoms with van der Waals surface area (Å²) in [6.45, 7) is 0. The van der Waals surface area contributed by atoms with E-state index in [-0.39, 0.29) is 0 Å². The van der Waals surface area contributed by atoms with Crippen LogP contribution in [-0.2, 0) is 10.0 Å². The summed E-state index contributed by atoms with van der Waals surface area (Å²) >= 11 is 8.89. The van der Waals surface area contributed by atoms with Crippen molar-refractivity contribution in [2.75, 3.05) is 11.0 Å². The molecule has 0 aromatic heterocycles. The van der Waals surface area contributed by atoms with Crippen LogP contribution in [0.25, 0.3) is 0 Å². The zero-order chi connectivity index (χ0) is 10.1. The second-order valence-corrected chi connectivity index (χ2v) is 5.54. The van der Waals surface area contributed by atoms with E-state index in [0.29, 0.717) is 15.2 Å². The van der Waals surface area contributed by atoms with Crippen molar-refractivity contribution in [2.24, 2.45) is 0 Å². The molecular weight excluding hydrogens is 278 g/mol. The molecule has 0 fully saturated rings. The summed E-state index contributed by atoms with van der Waals surface area (Å²) in [5.41, 5.74) is 0.440. The van der Waals surface area contributed by atoms with Crippen LogP contribution < -0.4 is 4.72 Å². The van der Waals surface area contributed by atoms with Crippen LogP contribution in [0.1, 0.15) is 0 Å². The number of hydrogen-bond acceptors (Lipinski definition) is 2. The van der Waals surface area contributed by atoms with Gasteiger partial charge in [0.1, 0.15) is 0 Å². The SMILES string of the molecule is CS(=O)(=O)Nc1cc(Cl)ccc1Br. The van der Waals surface area contributed by atoms with Gasteiger partial charge in [-0.1, -0.05) is 11.6 Å². The van der Waals surface area contributed by atoms with Crippen molar-refractivity contribution in [1.29, 1.82) is 0 Å². The molecule has 13 heavy (non-hydrogen) atoms. The van der Waals surface area contributed by atoms with Crippen molar-refractivity contribution in [1.82, 2.24) is 0 Å². The van der Waals surface area contributed by atoms with E-state index in [1.807, 2.05) is 0 Å². The van der Waals surface area contributed by atoms with Gasteiger partial charge >= 0.3 is 0 Å². The van der Waals surface area contributed by atoms with Gasteiger partial charge in [-0.3, -0.25) is 4.72 Å². The number of anilines is 1. The summed E-state index contributed by atoms with van der Waals surface area (Å²) in [6, 6.07) is 4.88. The maximum atomic E-state index is 10.9. The fourth-order valence-corrected chi connectivity index (χ4v) is 1.99. The molecule has 0 saturated heterocycles. The van der Waals surface area contributed by atoms with Crippen LogP contribution in [-0.4, -0.2) is 14.7 Å². The number of benzene rings is 1. The van der Waals surface area contributed by atoms with E-state index in [1.54, 1.807) is 12.1 Å². The average Bonchev–Trinajstić information content (AvgIpc) is 1.94. The standard InChI is InChI=1S/C7H7BrClNO2S/c1-13(11,12)10-7-4-5(9)2-3-6(7)8/h2-4,10H,1H3. The van der Waals surface area contributed by atoms with E-state index in [2.05, 4.69) is 20.7 Å². The summed E-state index contributed by atoms with van der Waals surface area (Å²) in [6.07, 6.45) is 1.08. The van der Waals surface area contributed by atoms with Crippen molar-refractivity contribution in [3.63, 3.8) is 0 Å². The molecule has 0 spiro atoms. The van der Waals surface area contributed by atoms with Crippen molar-refractivity contribution < 1.29 is 8.42 Å². The molecule has 0 radical (unpaired) electrons. The van der Waals surface area contributed by atoms with Gasteiger partial charge in [0.15, 0.2) is 0 Å². The minimum Gasteiger partial charge on any atom is -0.283 e. The van der Waals surface area contributed by atoms with Crippen LogP contribution in [0.15, 0.2) is 22.7 Å². The van der Waals surface area contributed by atoms with Crippen molar-refractivity contribution >= 4 is 43.2 Å². The van der Waals surface area contributed by atoms with Gasteiger partial charge in [0.05, 0.1) is 11.9 Å². The Balaban J connectivity index is 3.08. The van der Waals surface area contributed by atoms with Crippen LogP contribution in [0.5, 0.6) is 0 Å². The monoisotopic (exact) mass is 283 g/mol. The Morgan fingerprint density at radius 1 is 1.46 bits per heavy atom. The fourth-order valence-electron chi connectivity index (χ4n) is 0.775. The second kappa shape index (κ2) is 3.86. The normalized spacial score (nSPS) is 11.3. The van der Waals surface area contributed by atoms with E-state index >= 15 is 0 Å². The summed E-state index contributed by atoms with van der Waals surface area (Å²) < 4.78 is 24.8. The fraction of sp³-hybridized carbons (Fsp3) is 0.143. The molecule has 72 valence electrons. The van der Waals surface area contributed by atoms with Gasteiger partial charge < -0.3 is 0 Å². The van der Waals surface area contributed by atoms with Crippen LogP contribution in [0.2, 0.25) is 5.02 Å². The number of nitrogens with one attached hydrogen (secondary N) is 1. The third-order valence-electron chi connectivity index (χ3n) is 1.22. The van der Waals surface area contributed by atoms with Gasteiger partial charge in [-0.2, -0.15) is 0 Å². The van der Waals surface area contributed by atoms with Gasteiger partial charge in [-0.05, 0) is 34.1 Å². The molecule has 0 bridgehead atoms. The van der Waals surface area contributed by atoms with Gasteiger partial charge in [0, 0.05) is 9.50 Å². The Morgan fingerprint density at radius 3 is 2.62 bits per heavy atom. The molecule has 1 rings (SSSR count). The minimum atomic E-state index is -3.26. The first-order valence-electron chi connectivity index (χ1n) is 3.31. The number of hydrogen-bond donors (Lipinski definition) is 1. The Labute approximate surface area is 90.3 Å². The van der Waals surface area contributed by atoms with Crippen molar-refractivity contribution in [3.8, 4) is 0 Å². The van der Waals surface area contributed by atoms with Crippen molar-refractivity contribution in [3.05, 3.63) is 27.7 Å². The Morgan fingerprint density at radius 2 is 2.08 bits per heavy atom. The molecule has 0 amide bonds. The quantitative estimate of drug-likeness (QED) is 0.907. The lowest BCUT2D eigenvalue weighted by Gasteiger charge is -2.05. The van der Waals surface area contributed by atoms with Crippen LogP contribution in [0, 0.1) is 0 Å². The van der Waals surface area contributed by atoms with E-state index in [4.69, 9.17) is 11.6 Å². The third kappa shape index (κ3) is 3.54. The highest BCUT2D eigenvalue weighted by Gasteiger charge is 2.05. The Hall–Kier alpha value is -0.260. The first kappa shape index (κ1) is 10.8. The zero-order valence-electron chi connectivity index (χ0n) is 6.71. The molecule has 3 nitrogen and oxygen atoms in total. The predicted octanol–water partition coefficient (Wildman–Crippen LogP) is 2.47. The number of sulfonamides is 1. The molecule has 6 heteroatoms. The summed E-state index contributed by atoms with van der Waals surface area (Å²) in [7, 11) is -3.26. The molecule has 0 aliphatic heterocycles. The summed E-state index contributed by atoms with van der Waals surface area (Å²) in [5.74, 6) is 0. The lowest BCUT2D eigenvalue weighted by Crippen LogP contribution is -2.09. The van der Waals surface area contributed by atoms with E-state index < -0.39 is 10.0 Å². The Bertz CT molecular complexity index is 419. The summed E-state index contributed by atoms with van der Waals surface area (Å²) in [5, 5.41) is 0.481. The molecule has 1 aromatic carbocycles. The summed E-state index contributed by atoms with van der Waals surface area (Å²) in [4.78, 5) is 0. The predicted molar refractivity (Wildman–Crippen MR) is 57.6 cm³/mol. The van der Waals surface area contributed by atoms with Gasteiger partial charge in [-0.15, -0.1) is 0 Å². The van der Waals surface area contributed by atoms with Gasteiger partial charge in [0.25, 0.3) is 0 Å².